The molecule has 0 aliphatic rings. The van der Waals surface area contributed by atoms with Crippen LogP contribution in [-0.4, -0.2) is 37.7 Å². The van der Waals surface area contributed by atoms with Crippen molar-refractivity contribution in [2.45, 2.75) is 52.6 Å². The van der Waals surface area contributed by atoms with E-state index in [0.29, 0.717) is 12.8 Å². The van der Waals surface area contributed by atoms with Crippen LogP contribution in [0.5, 0.6) is 0 Å². The quantitative estimate of drug-likeness (QED) is 0.479. The summed E-state index contributed by atoms with van der Waals surface area (Å²) in [6, 6.07) is 0. The fourth-order valence-electron chi connectivity index (χ4n) is 1.66. The number of carbonyl (C=O) groups excluding carboxylic acids is 2. The summed E-state index contributed by atoms with van der Waals surface area (Å²) in [5, 5.41) is 0. The molecule has 7 heteroatoms. The molecule has 6 nitrogen and oxygen atoms in total. The summed E-state index contributed by atoms with van der Waals surface area (Å²) >= 11 is 0. The molecular formula is C14H27O6P. The zero-order valence-electron chi connectivity index (χ0n) is 13.8. The van der Waals surface area contributed by atoms with Crippen molar-refractivity contribution in [2.75, 3.05) is 20.4 Å². The number of esters is 1. The summed E-state index contributed by atoms with van der Waals surface area (Å²) in [4.78, 5) is 23.5. The predicted molar refractivity (Wildman–Crippen MR) is 80.4 cm³/mol. The topological polar surface area (TPSA) is 78.9 Å². The first kappa shape index (κ1) is 20.3. The van der Waals surface area contributed by atoms with Crippen LogP contribution in [0.3, 0.4) is 0 Å². The van der Waals surface area contributed by atoms with E-state index in [4.69, 9.17) is 13.8 Å². The number of ether oxygens (including phenoxy) is 1. The van der Waals surface area contributed by atoms with Gasteiger partial charge in [-0.05, 0) is 33.6 Å². The second kappa shape index (κ2) is 8.66. The lowest BCUT2D eigenvalue weighted by Gasteiger charge is -2.19. The molecule has 0 saturated carbocycles. The highest BCUT2D eigenvalue weighted by Crippen LogP contribution is 2.46. The lowest BCUT2D eigenvalue weighted by atomic mass is 10.0. The minimum atomic E-state index is -3.31. The fourth-order valence-corrected chi connectivity index (χ4v) is 2.76. The Morgan fingerprint density at radius 2 is 1.67 bits per heavy atom. The molecule has 0 bridgehead atoms. The van der Waals surface area contributed by atoms with E-state index in [1.54, 1.807) is 6.92 Å². The molecule has 0 amide bonds. The van der Waals surface area contributed by atoms with Crippen molar-refractivity contribution in [3.63, 3.8) is 0 Å². The Balaban J connectivity index is 4.15. The van der Waals surface area contributed by atoms with Gasteiger partial charge in [-0.2, -0.15) is 0 Å². The molecule has 124 valence electrons. The molecule has 0 aromatic heterocycles. The van der Waals surface area contributed by atoms with Gasteiger partial charge in [-0.25, -0.2) is 0 Å². The largest absolute Gasteiger partial charge is 0.460 e. The molecule has 0 fully saturated rings. The van der Waals surface area contributed by atoms with Gasteiger partial charge in [0.1, 0.15) is 17.5 Å². The van der Waals surface area contributed by atoms with Gasteiger partial charge in [0.25, 0.3) is 0 Å². The minimum absolute atomic E-state index is 0.189. The number of hydrogen-bond acceptors (Lipinski definition) is 6. The van der Waals surface area contributed by atoms with Gasteiger partial charge in [0.05, 0.1) is 0 Å². The third-order valence-corrected chi connectivity index (χ3v) is 4.71. The number of carbonyl (C=O) groups is 2. The number of Topliss-reactive ketones (excluding diaryl/α,β-unsaturated/α-hetero) is 1. The first-order chi connectivity index (χ1) is 9.53. The SMILES string of the molecule is COP(=O)(CC(=O)C(C)CCCC(=O)OC(C)(C)C)OC. The normalized spacial score (nSPS) is 13.8. The van der Waals surface area contributed by atoms with Crippen LogP contribution in [-0.2, 0) is 27.9 Å². The van der Waals surface area contributed by atoms with Crippen LogP contribution in [0.4, 0.5) is 0 Å². The van der Waals surface area contributed by atoms with E-state index in [-0.39, 0.29) is 30.3 Å². The van der Waals surface area contributed by atoms with E-state index < -0.39 is 13.2 Å². The second-order valence-corrected chi connectivity index (χ2v) is 8.25. The van der Waals surface area contributed by atoms with Crippen molar-refractivity contribution < 1.29 is 27.9 Å². The van der Waals surface area contributed by atoms with Crippen LogP contribution in [0.1, 0.15) is 47.0 Å². The van der Waals surface area contributed by atoms with E-state index in [0.717, 1.165) is 0 Å². The van der Waals surface area contributed by atoms with E-state index >= 15 is 0 Å². The number of ketones is 1. The highest BCUT2D eigenvalue weighted by Gasteiger charge is 2.28. The lowest BCUT2D eigenvalue weighted by Crippen LogP contribution is -2.24. The zero-order chi connectivity index (χ0) is 16.7. The van der Waals surface area contributed by atoms with Gasteiger partial charge < -0.3 is 13.8 Å². The molecule has 0 N–H and O–H groups in total. The fraction of sp³-hybridized carbons (Fsp3) is 0.857. The molecule has 0 aliphatic heterocycles. The van der Waals surface area contributed by atoms with Crippen LogP contribution < -0.4 is 0 Å². The first-order valence-electron chi connectivity index (χ1n) is 6.98. The molecule has 0 heterocycles. The third-order valence-electron chi connectivity index (χ3n) is 2.89. The average Bonchev–Trinajstić information content (AvgIpc) is 2.36. The maximum atomic E-state index is 11.9. The maximum Gasteiger partial charge on any atom is 0.337 e. The molecule has 0 saturated heterocycles. The van der Waals surface area contributed by atoms with E-state index in [1.807, 2.05) is 20.8 Å². The summed E-state index contributed by atoms with van der Waals surface area (Å²) < 4.78 is 26.5. The molecule has 0 radical (unpaired) electrons. The van der Waals surface area contributed by atoms with Gasteiger partial charge in [-0.15, -0.1) is 0 Å². The first-order valence-corrected chi connectivity index (χ1v) is 8.71. The third kappa shape index (κ3) is 9.02. The van der Waals surface area contributed by atoms with Gasteiger partial charge in [0.2, 0.25) is 0 Å². The highest BCUT2D eigenvalue weighted by atomic mass is 31.2. The Kier molecular flexibility index (Phi) is 8.37. The molecule has 0 spiro atoms. The van der Waals surface area contributed by atoms with Gasteiger partial charge in [-0.1, -0.05) is 6.92 Å². The Morgan fingerprint density at radius 3 is 2.10 bits per heavy atom. The molecule has 0 rings (SSSR count). The van der Waals surface area contributed by atoms with Crippen molar-refractivity contribution >= 4 is 19.3 Å². The zero-order valence-corrected chi connectivity index (χ0v) is 14.7. The molecule has 0 aromatic rings. The molecule has 1 unspecified atom stereocenters. The maximum absolute atomic E-state index is 11.9. The molecular weight excluding hydrogens is 295 g/mol. The summed E-state index contributed by atoms with van der Waals surface area (Å²) in [6.07, 6.45) is 1.10. The van der Waals surface area contributed by atoms with Gasteiger partial charge in [-0.3, -0.25) is 14.2 Å². The number of rotatable bonds is 9. The lowest BCUT2D eigenvalue weighted by molar-refractivity contribution is -0.155. The summed E-state index contributed by atoms with van der Waals surface area (Å²) in [6.45, 7) is 7.17. The van der Waals surface area contributed by atoms with Crippen molar-refractivity contribution in [3.05, 3.63) is 0 Å². The standard InChI is InChI=1S/C14H27O6P/c1-11(12(15)10-21(17,18-5)19-6)8-7-9-13(16)20-14(2,3)4/h11H,7-10H2,1-6H3. The predicted octanol–water partition coefficient (Wildman–Crippen LogP) is 3.19. The van der Waals surface area contributed by atoms with Crippen LogP contribution in [0.25, 0.3) is 0 Å². The molecule has 21 heavy (non-hydrogen) atoms. The van der Waals surface area contributed by atoms with E-state index in [2.05, 4.69) is 0 Å². The smallest absolute Gasteiger partial charge is 0.337 e. The minimum Gasteiger partial charge on any atom is -0.460 e. The second-order valence-electron chi connectivity index (χ2n) is 5.98. The highest BCUT2D eigenvalue weighted by molar-refractivity contribution is 7.54. The van der Waals surface area contributed by atoms with Gasteiger partial charge in [0.15, 0.2) is 0 Å². The van der Waals surface area contributed by atoms with Gasteiger partial charge in [0, 0.05) is 26.6 Å². The Morgan fingerprint density at radius 1 is 1.14 bits per heavy atom. The summed E-state index contributed by atoms with van der Waals surface area (Å²) in [5.41, 5.74) is -0.498. The van der Waals surface area contributed by atoms with E-state index in [1.165, 1.54) is 14.2 Å². The monoisotopic (exact) mass is 322 g/mol. The van der Waals surface area contributed by atoms with Crippen LogP contribution in [0, 0.1) is 5.92 Å². The van der Waals surface area contributed by atoms with Crippen molar-refractivity contribution in [1.29, 1.82) is 0 Å². The van der Waals surface area contributed by atoms with Crippen molar-refractivity contribution in [1.82, 2.24) is 0 Å². The Labute approximate surface area is 127 Å². The number of hydrogen-bond donors (Lipinski definition) is 0. The average molecular weight is 322 g/mol. The summed E-state index contributed by atoms with van der Waals surface area (Å²) in [7, 11) is -0.802. The van der Waals surface area contributed by atoms with E-state index in [9.17, 15) is 14.2 Å². The molecule has 1 atom stereocenters. The summed E-state index contributed by atoms with van der Waals surface area (Å²) in [5.74, 6) is -0.765. The van der Waals surface area contributed by atoms with Crippen LogP contribution in [0.15, 0.2) is 0 Å². The Hall–Kier alpha value is -0.710. The van der Waals surface area contributed by atoms with Gasteiger partial charge >= 0.3 is 13.6 Å². The molecule has 0 aromatic carbocycles. The van der Waals surface area contributed by atoms with Crippen LogP contribution >= 0.6 is 7.60 Å². The van der Waals surface area contributed by atoms with Crippen molar-refractivity contribution in [2.24, 2.45) is 5.92 Å². The molecule has 0 aliphatic carbocycles. The van der Waals surface area contributed by atoms with Crippen molar-refractivity contribution in [3.8, 4) is 0 Å². The Bertz CT molecular complexity index is 391. The van der Waals surface area contributed by atoms with Crippen LogP contribution in [0.2, 0.25) is 0 Å².